The van der Waals surface area contributed by atoms with Gasteiger partial charge in [-0.2, -0.15) is 0 Å². The summed E-state index contributed by atoms with van der Waals surface area (Å²) in [6.45, 7) is 1.85. The van der Waals surface area contributed by atoms with Crippen LogP contribution in [0, 0.1) is 6.07 Å². The first kappa shape index (κ1) is 9.58. The van der Waals surface area contributed by atoms with Crippen molar-refractivity contribution in [2.75, 3.05) is 0 Å². The Bertz CT molecular complexity index is 272. The highest BCUT2D eigenvalue weighted by molar-refractivity contribution is 5.79. The maximum atomic E-state index is 10.8. The molecule has 0 aliphatic carbocycles. The zero-order valence-corrected chi connectivity index (χ0v) is 7.49. The van der Waals surface area contributed by atoms with Crippen molar-refractivity contribution in [1.82, 2.24) is 0 Å². The molecule has 0 saturated carbocycles. The van der Waals surface area contributed by atoms with Crippen molar-refractivity contribution in [3.63, 3.8) is 0 Å². The first-order chi connectivity index (χ1) is 6.24. The number of carbonyl (C=O) groups is 1. The topological polar surface area (TPSA) is 52.3 Å². The van der Waals surface area contributed by atoms with Gasteiger partial charge in [0.1, 0.15) is 5.75 Å². The molecule has 1 aromatic carbocycles. The summed E-state index contributed by atoms with van der Waals surface area (Å²) in [6, 6.07) is 9.98. The molecule has 0 heterocycles. The zero-order valence-electron chi connectivity index (χ0n) is 7.49. The summed E-state index contributed by atoms with van der Waals surface area (Å²) >= 11 is 0. The van der Waals surface area contributed by atoms with Gasteiger partial charge in [0.2, 0.25) is 0 Å². The summed E-state index contributed by atoms with van der Waals surface area (Å²) in [5, 5.41) is 0. The normalized spacial score (nSPS) is 12.1. The van der Waals surface area contributed by atoms with E-state index in [1.54, 1.807) is 12.1 Å². The van der Waals surface area contributed by atoms with Gasteiger partial charge in [0.15, 0.2) is 6.10 Å². The van der Waals surface area contributed by atoms with Crippen LogP contribution in [-0.4, -0.2) is 12.0 Å². The van der Waals surface area contributed by atoms with Crippen molar-refractivity contribution in [3.8, 4) is 5.75 Å². The number of ether oxygens (including phenoxy) is 1. The molecule has 0 fully saturated rings. The molecule has 1 rings (SSSR count). The molecule has 3 nitrogen and oxygen atoms in total. The third-order valence-corrected chi connectivity index (χ3v) is 1.64. The summed E-state index contributed by atoms with van der Waals surface area (Å²) in [5.74, 6) is 0.105. The molecular weight excluding hydrogens is 166 g/mol. The van der Waals surface area contributed by atoms with Crippen molar-refractivity contribution in [2.24, 2.45) is 5.73 Å². The van der Waals surface area contributed by atoms with Crippen LogP contribution < -0.4 is 10.5 Å². The van der Waals surface area contributed by atoms with Gasteiger partial charge in [-0.25, -0.2) is 0 Å². The fourth-order valence-corrected chi connectivity index (χ4v) is 0.946. The van der Waals surface area contributed by atoms with Crippen LogP contribution in [0.25, 0.3) is 0 Å². The molecule has 1 unspecified atom stereocenters. The average Bonchev–Trinajstić information content (AvgIpc) is 2.15. The van der Waals surface area contributed by atoms with Crippen molar-refractivity contribution < 1.29 is 9.53 Å². The first-order valence-corrected chi connectivity index (χ1v) is 4.16. The van der Waals surface area contributed by atoms with Crippen LogP contribution in [0.5, 0.6) is 5.75 Å². The Kier molecular flexibility index (Phi) is 3.31. The second kappa shape index (κ2) is 4.50. The molecule has 13 heavy (non-hydrogen) atoms. The van der Waals surface area contributed by atoms with Gasteiger partial charge in [-0.05, 0) is 12.5 Å². The van der Waals surface area contributed by atoms with Crippen molar-refractivity contribution >= 4 is 5.91 Å². The second-order valence-corrected chi connectivity index (χ2v) is 2.64. The SMILES string of the molecule is CCC(Oc1[c]cccc1)C(N)=O. The monoisotopic (exact) mass is 178 g/mol. The van der Waals surface area contributed by atoms with Crippen LogP contribution >= 0.6 is 0 Å². The van der Waals surface area contributed by atoms with Crippen LogP contribution in [0.3, 0.4) is 0 Å². The average molecular weight is 178 g/mol. The molecule has 1 aromatic rings. The van der Waals surface area contributed by atoms with Crippen LogP contribution in [0.4, 0.5) is 0 Å². The number of para-hydroxylation sites is 1. The lowest BCUT2D eigenvalue weighted by atomic mass is 10.2. The van der Waals surface area contributed by atoms with E-state index in [4.69, 9.17) is 10.5 Å². The largest absolute Gasteiger partial charge is 0.480 e. The fourth-order valence-electron chi connectivity index (χ4n) is 0.946. The highest BCUT2D eigenvalue weighted by Crippen LogP contribution is 2.11. The van der Waals surface area contributed by atoms with E-state index in [0.717, 1.165) is 0 Å². The summed E-state index contributed by atoms with van der Waals surface area (Å²) in [7, 11) is 0. The Labute approximate surface area is 77.5 Å². The second-order valence-electron chi connectivity index (χ2n) is 2.64. The van der Waals surface area contributed by atoms with E-state index in [1.165, 1.54) is 0 Å². The van der Waals surface area contributed by atoms with E-state index in [9.17, 15) is 4.79 Å². The number of nitrogens with two attached hydrogens (primary N) is 1. The van der Waals surface area contributed by atoms with Crippen LogP contribution in [-0.2, 0) is 4.79 Å². The molecule has 1 radical (unpaired) electrons. The molecule has 0 spiro atoms. The number of primary amides is 1. The minimum Gasteiger partial charge on any atom is -0.480 e. The Morgan fingerprint density at radius 2 is 2.46 bits per heavy atom. The number of benzene rings is 1. The lowest BCUT2D eigenvalue weighted by molar-refractivity contribution is -0.124. The van der Waals surface area contributed by atoms with Gasteiger partial charge in [-0.3, -0.25) is 4.79 Å². The number of rotatable bonds is 4. The zero-order chi connectivity index (χ0) is 9.68. The molecule has 0 bridgehead atoms. The molecule has 0 aromatic heterocycles. The number of carbonyl (C=O) groups excluding carboxylic acids is 1. The minimum absolute atomic E-state index is 0.445. The number of hydrogen-bond donors (Lipinski definition) is 1. The first-order valence-electron chi connectivity index (χ1n) is 4.16. The number of hydrogen-bond acceptors (Lipinski definition) is 2. The molecule has 69 valence electrons. The lowest BCUT2D eigenvalue weighted by Crippen LogP contribution is -2.32. The van der Waals surface area contributed by atoms with Gasteiger partial charge in [-0.15, -0.1) is 0 Å². The van der Waals surface area contributed by atoms with E-state index in [0.29, 0.717) is 12.2 Å². The van der Waals surface area contributed by atoms with E-state index < -0.39 is 12.0 Å². The quantitative estimate of drug-likeness (QED) is 0.751. The molecule has 0 aliphatic heterocycles. The molecule has 0 saturated heterocycles. The number of amides is 1. The highest BCUT2D eigenvalue weighted by atomic mass is 16.5. The Hall–Kier alpha value is -1.51. The van der Waals surface area contributed by atoms with Crippen LogP contribution in [0.2, 0.25) is 0 Å². The van der Waals surface area contributed by atoms with Gasteiger partial charge in [0.05, 0.1) is 0 Å². The fraction of sp³-hybridized carbons (Fsp3) is 0.300. The van der Waals surface area contributed by atoms with E-state index >= 15 is 0 Å². The minimum atomic E-state index is -0.557. The maximum Gasteiger partial charge on any atom is 0.258 e. The van der Waals surface area contributed by atoms with Crippen LogP contribution in [0.1, 0.15) is 13.3 Å². The summed E-state index contributed by atoms with van der Waals surface area (Å²) in [6.07, 6.45) is 0.0107. The smallest absolute Gasteiger partial charge is 0.258 e. The van der Waals surface area contributed by atoms with Gasteiger partial charge in [0.25, 0.3) is 5.91 Å². The highest BCUT2D eigenvalue weighted by Gasteiger charge is 2.13. The van der Waals surface area contributed by atoms with Gasteiger partial charge < -0.3 is 10.5 Å². The van der Waals surface area contributed by atoms with Crippen molar-refractivity contribution in [2.45, 2.75) is 19.4 Å². The Morgan fingerprint density at radius 1 is 1.69 bits per heavy atom. The Balaban J connectivity index is 2.62. The van der Waals surface area contributed by atoms with E-state index in [2.05, 4.69) is 6.07 Å². The third kappa shape index (κ3) is 2.78. The Morgan fingerprint density at radius 3 is 2.92 bits per heavy atom. The van der Waals surface area contributed by atoms with Gasteiger partial charge in [0, 0.05) is 6.07 Å². The standard InChI is InChI=1S/C10H12NO2/c1-2-9(10(11)12)13-8-6-4-3-5-7-8/h3-6,9H,2H2,1H3,(H2,11,12). The molecular formula is C10H12NO2. The summed E-state index contributed by atoms with van der Waals surface area (Å²) in [5.41, 5.74) is 5.12. The molecule has 3 heteroatoms. The predicted octanol–water partition coefficient (Wildman–Crippen LogP) is 1.13. The molecule has 2 N–H and O–H groups in total. The molecule has 0 aliphatic rings. The van der Waals surface area contributed by atoms with Gasteiger partial charge >= 0.3 is 0 Å². The van der Waals surface area contributed by atoms with Crippen molar-refractivity contribution in [1.29, 1.82) is 0 Å². The lowest BCUT2D eigenvalue weighted by Gasteiger charge is -2.13. The van der Waals surface area contributed by atoms with E-state index in [1.807, 2.05) is 19.1 Å². The summed E-state index contributed by atoms with van der Waals surface area (Å²) < 4.78 is 5.29. The van der Waals surface area contributed by atoms with Gasteiger partial charge in [-0.1, -0.05) is 25.1 Å². The maximum absolute atomic E-state index is 10.8. The summed E-state index contributed by atoms with van der Waals surface area (Å²) in [4.78, 5) is 10.8. The third-order valence-electron chi connectivity index (χ3n) is 1.64. The predicted molar refractivity (Wildman–Crippen MR) is 49.2 cm³/mol. The van der Waals surface area contributed by atoms with Crippen LogP contribution in [0.15, 0.2) is 24.3 Å². The van der Waals surface area contributed by atoms with E-state index in [-0.39, 0.29) is 0 Å². The van der Waals surface area contributed by atoms with Crippen molar-refractivity contribution in [3.05, 3.63) is 30.3 Å². The molecule has 1 amide bonds. The molecule has 1 atom stereocenters.